The summed E-state index contributed by atoms with van der Waals surface area (Å²) in [5.74, 6) is 0.0564. The van der Waals surface area contributed by atoms with Gasteiger partial charge in [0.25, 0.3) is 5.91 Å². The molecule has 0 aliphatic heterocycles. The number of hydrogen-bond acceptors (Lipinski definition) is 5. The van der Waals surface area contributed by atoms with Gasteiger partial charge in [0.15, 0.2) is 6.61 Å². The topological polar surface area (TPSA) is 88.4 Å². The highest BCUT2D eigenvalue weighted by molar-refractivity contribution is 6.01. The molecule has 0 unspecified atom stereocenters. The Morgan fingerprint density at radius 1 is 1.10 bits per heavy atom. The molecule has 0 saturated heterocycles. The van der Waals surface area contributed by atoms with Gasteiger partial charge in [0.05, 0.1) is 0 Å². The van der Waals surface area contributed by atoms with Crippen LogP contribution in [0.15, 0.2) is 54.1 Å². The Kier molecular flexibility index (Phi) is 9.14. The molecule has 0 aliphatic carbocycles. The number of nitriles is 1. The molecule has 0 aliphatic rings. The van der Waals surface area contributed by atoms with Gasteiger partial charge in [-0.2, -0.15) is 5.26 Å². The molecule has 2 rings (SSSR count). The zero-order valence-electron chi connectivity index (χ0n) is 17.3. The summed E-state index contributed by atoms with van der Waals surface area (Å²) in [6.45, 7) is 4.40. The standard InChI is InChI=1S/C24H26N2O4/c1-3-5-13-26-24(28)20(16-25)14-19-9-11-21(12-10-19)30-23(27)17-29-22-8-6-7-18(4-2)15-22/h6-12,14-15H,3-5,13,17H2,1-2H3,(H,26,28)/b20-14+. The summed E-state index contributed by atoms with van der Waals surface area (Å²) >= 11 is 0. The van der Waals surface area contributed by atoms with Gasteiger partial charge < -0.3 is 14.8 Å². The Hall–Kier alpha value is -3.59. The first-order valence-electron chi connectivity index (χ1n) is 9.98. The van der Waals surface area contributed by atoms with Gasteiger partial charge in [-0.05, 0) is 54.3 Å². The molecule has 0 saturated carbocycles. The van der Waals surface area contributed by atoms with E-state index in [9.17, 15) is 14.9 Å². The summed E-state index contributed by atoms with van der Waals surface area (Å²) < 4.78 is 10.7. The monoisotopic (exact) mass is 406 g/mol. The average Bonchev–Trinajstić information content (AvgIpc) is 2.77. The highest BCUT2D eigenvalue weighted by Gasteiger charge is 2.09. The lowest BCUT2D eigenvalue weighted by molar-refractivity contribution is -0.136. The molecule has 0 spiro atoms. The largest absolute Gasteiger partial charge is 0.482 e. The number of esters is 1. The van der Waals surface area contributed by atoms with Crippen molar-refractivity contribution in [3.8, 4) is 17.6 Å². The van der Waals surface area contributed by atoms with Crippen LogP contribution in [0.5, 0.6) is 11.5 Å². The molecule has 0 atom stereocenters. The van der Waals surface area contributed by atoms with Crippen molar-refractivity contribution in [2.24, 2.45) is 0 Å². The average molecular weight is 406 g/mol. The summed E-state index contributed by atoms with van der Waals surface area (Å²) in [4.78, 5) is 24.0. The Labute approximate surface area is 177 Å². The lowest BCUT2D eigenvalue weighted by atomic mass is 10.1. The minimum absolute atomic E-state index is 0.0264. The van der Waals surface area contributed by atoms with Crippen LogP contribution in [0.3, 0.4) is 0 Å². The maximum Gasteiger partial charge on any atom is 0.349 e. The van der Waals surface area contributed by atoms with E-state index in [0.29, 0.717) is 23.6 Å². The Morgan fingerprint density at radius 2 is 1.87 bits per heavy atom. The van der Waals surface area contributed by atoms with Crippen LogP contribution in [-0.2, 0) is 16.0 Å². The van der Waals surface area contributed by atoms with Gasteiger partial charge in [0.1, 0.15) is 23.1 Å². The van der Waals surface area contributed by atoms with Gasteiger partial charge in [0, 0.05) is 6.54 Å². The van der Waals surface area contributed by atoms with E-state index >= 15 is 0 Å². The van der Waals surface area contributed by atoms with Gasteiger partial charge in [0.2, 0.25) is 0 Å². The molecule has 1 N–H and O–H groups in total. The fourth-order valence-electron chi connectivity index (χ4n) is 2.58. The van der Waals surface area contributed by atoms with Crippen LogP contribution in [0.2, 0.25) is 0 Å². The highest BCUT2D eigenvalue weighted by atomic mass is 16.6. The lowest BCUT2D eigenvalue weighted by Crippen LogP contribution is -2.25. The summed E-state index contributed by atoms with van der Waals surface area (Å²) in [5, 5.41) is 11.9. The van der Waals surface area contributed by atoms with Gasteiger partial charge >= 0.3 is 5.97 Å². The van der Waals surface area contributed by atoms with Crippen LogP contribution in [0, 0.1) is 11.3 Å². The molecule has 30 heavy (non-hydrogen) atoms. The molecule has 0 heterocycles. The normalized spacial score (nSPS) is 10.8. The predicted molar refractivity (Wildman–Crippen MR) is 115 cm³/mol. The van der Waals surface area contributed by atoms with Crippen molar-refractivity contribution in [1.29, 1.82) is 5.26 Å². The van der Waals surface area contributed by atoms with E-state index in [1.54, 1.807) is 30.3 Å². The quantitative estimate of drug-likeness (QED) is 0.211. The molecule has 2 aromatic carbocycles. The maximum atomic E-state index is 12.0. The van der Waals surface area contributed by atoms with E-state index in [1.165, 1.54) is 6.08 Å². The second kappa shape index (κ2) is 12.1. The number of unbranched alkanes of at least 4 members (excludes halogenated alkanes) is 1. The summed E-state index contributed by atoms with van der Waals surface area (Å²) in [6, 6.07) is 16.0. The van der Waals surface area contributed by atoms with Crippen LogP contribution in [0.1, 0.15) is 37.8 Å². The number of nitrogens with one attached hydrogen (secondary N) is 1. The number of amides is 1. The van der Waals surface area contributed by atoms with E-state index in [1.807, 2.05) is 38.1 Å². The van der Waals surface area contributed by atoms with E-state index < -0.39 is 11.9 Å². The van der Waals surface area contributed by atoms with E-state index in [2.05, 4.69) is 5.32 Å². The van der Waals surface area contributed by atoms with Gasteiger partial charge in [-0.1, -0.05) is 44.5 Å². The second-order valence-corrected chi connectivity index (χ2v) is 6.61. The predicted octanol–water partition coefficient (Wildman–Crippen LogP) is 4.06. The minimum atomic E-state index is -0.520. The van der Waals surface area contributed by atoms with E-state index in [0.717, 1.165) is 24.8 Å². The number of carbonyl (C=O) groups excluding carboxylic acids is 2. The van der Waals surface area contributed by atoms with E-state index in [4.69, 9.17) is 9.47 Å². The van der Waals surface area contributed by atoms with Crippen LogP contribution in [0.25, 0.3) is 6.08 Å². The van der Waals surface area contributed by atoms with Crippen molar-refractivity contribution in [2.75, 3.05) is 13.2 Å². The molecule has 0 aromatic heterocycles. The Morgan fingerprint density at radius 3 is 2.53 bits per heavy atom. The number of hydrogen-bond donors (Lipinski definition) is 1. The molecule has 0 bridgehead atoms. The first kappa shape index (κ1) is 22.7. The maximum absolute atomic E-state index is 12.0. The lowest BCUT2D eigenvalue weighted by Gasteiger charge is -2.08. The fourth-order valence-corrected chi connectivity index (χ4v) is 2.58. The molecule has 6 heteroatoms. The highest BCUT2D eigenvalue weighted by Crippen LogP contribution is 2.16. The summed E-state index contributed by atoms with van der Waals surface area (Å²) in [7, 11) is 0. The first-order chi connectivity index (χ1) is 14.5. The molecular weight excluding hydrogens is 380 g/mol. The van der Waals surface area contributed by atoms with E-state index in [-0.39, 0.29) is 12.2 Å². The minimum Gasteiger partial charge on any atom is -0.482 e. The van der Waals surface area contributed by atoms with Crippen LogP contribution >= 0.6 is 0 Å². The van der Waals surface area contributed by atoms with Crippen LogP contribution in [0.4, 0.5) is 0 Å². The molecule has 1 amide bonds. The van der Waals surface area contributed by atoms with Crippen LogP contribution in [-0.4, -0.2) is 25.0 Å². The Balaban J connectivity index is 1.90. The molecule has 156 valence electrons. The fraction of sp³-hybridized carbons (Fsp3) is 0.292. The van der Waals surface area contributed by atoms with Crippen molar-refractivity contribution in [3.05, 3.63) is 65.2 Å². The Bertz CT molecular complexity index is 927. The number of ether oxygens (including phenoxy) is 2. The molecule has 6 nitrogen and oxygen atoms in total. The number of benzene rings is 2. The molecule has 0 fully saturated rings. The zero-order valence-corrected chi connectivity index (χ0v) is 17.3. The molecule has 2 aromatic rings. The smallest absolute Gasteiger partial charge is 0.349 e. The van der Waals surface area contributed by atoms with Crippen molar-refractivity contribution in [3.63, 3.8) is 0 Å². The van der Waals surface area contributed by atoms with Crippen molar-refractivity contribution in [2.45, 2.75) is 33.1 Å². The van der Waals surface area contributed by atoms with Crippen molar-refractivity contribution in [1.82, 2.24) is 5.32 Å². The third-order valence-electron chi connectivity index (χ3n) is 4.27. The van der Waals surface area contributed by atoms with Gasteiger partial charge in [-0.3, -0.25) is 4.79 Å². The van der Waals surface area contributed by atoms with Crippen LogP contribution < -0.4 is 14.8 Å². The second-order valence-electron chi connectivity index (χ2n) is 6.61. The van der Waals surface area contributed by atoms with Crippen molar-refractivity contribution >= 4 is 18.0 Å². The summed E-state index contributed by atoms with van der Waals surface area (Å²) in [6.07, 6.45) is 4.20. The number of aryl methyl sites for hydroxylation is 1. The number of carbonyl (C=O) groups is 2. The number of rotatable bonds is 10. The SMILES string of the molecule is CCCCNC(=O)/C(C#N)=C/c1ccc(OC(=O)COc2cccc(CC)c2)cc1. The zero-order chi connectivity index (χ0) is 21.8. The number of nitrogens with zero attached hydrogens (tertiary/aromatic N) is 1. The van der Waals surface area contributed by atoms with Crippen molar-refractivity contribution < 1.29 is 19.1 Å². The van der Waals surface area contributed by atoms with Gasteiger partial charge in [-0.25, -0.2) is 4.79 Å². The van der Waals surface area contributed by atoms with Gasteiger partial charge in [-0.15, -0.1) is 0 Å². The third-order valence-corrected chi connectivity index (χ3v) is 4.27. The first-order valence-corrected chi connectivity index (χ1v) is 9.98. The third kappa shape index (κ3) is 7.44. The molecular formula is C24H26N2O4. The summed E-state index contributed by atoms with van der Waals surface area (Å²) in [5.41, 5.74) is 1.81. The molecule has 0 radical (unpaired) electrons.